The van der Waals surface area contributed by atoms with Gasteiger partial charge in [0.15, 0.2) is 0 Å². The highest BCUT2D eigenvalue weighted by Gasteiger charge is 2.00. The molecule has 0 bridgehead atoms. The lowest BCUT2D eigenvalue weighted by molar-refractivity contribution is 0.467. The molecule has 2 aromatic carbocycles. The van der Waals surface area contributed by atoms with E-state index in [2.05, 4.69) is 11.4 Å². The average molecular weight is 256 g/mol. The predicted octanol–water partition coefficient (Wildman–Crippen LogP) is 2.69. The second-order valence-corrected chi connectivity index (χ2v) is 4.23. The Morgan fingerprint density at radius 3 is 2.63 bits per heavy atom. The van der Waals surface area contributed by atoms with E-state index in [1.807, 2.05) is 12.1 Å². The Hall–Kier alpha value is -2.38. The van der Waals surface area contributed by atoms with Crippen molar-refractivity contribution >= 4 is 0 Å². The van der Waals surface area contributed by atoms with Gasteiger partial charge in [0, 0.05) is 19.2 Å². The van der Waals surface area contributed by atoms with Crippen molar-refractivity contribution in [1.29, 1.82) is 5.26 Å². The van der Waals surface area contributed by atoms with Crippen LogP contribution in [0.15, 0.2) is 42.5 Å². The van der Waals surface area contributed by atoms with Crippen molar-refractivity contribution in [3.63, 3.8) is 0 Å². The molecule has 0 aliphatic rings. The van der Waals surface area contributed by atoms with Crippen LogP contribution in [0.4, 0.5) is 4.39 Å². The van der Waals surface area contributed by atoms with E-state index in [0.29, 0.717) is 24.2 Å². The number of nitriles is 1. The van der Waals surface area contributed by atoms with E-state index in [1.54, 1.807) is 12.1 Å². The fourth-order valence-corrected chi connectivity index (χ4v) is 1.84. The van der Waals surface area contributed by atoms with Crippen LogP contribution in [0.25, 0.3) is 0 Å². The van der Waals surface area contributed by atoms with Crippen LogP contribution in [0, 0.1) is 17.1 Å². The van der Waals surface area contributed by atoms with Crippen molar-refractivity contribution in [2.24, 2.45) is 0 Å². The molecule has 19 heavy (non-hydrogen) atoms. The highest BCUT2D eigenvalue weighted by Crippen LogP contribution is 2.14. The third-order valence-corrected chi connectivity index (χ3v) is 2.66. The summed E-state index contributed by atoms with van der Waals surface area (Å²) in [7, 11) is 0. The molecule has 4 heteroatoms. The van der Waals surface area contributed by atoms with Crippen molar-refractivity contribution in [3.8, 4) is 11.8 Å². The topological polar surface area (TPSA) is 56.0 Å². The molecule has 0 aliphatic carbocycles. The molecule has 0 spiro atoms. The van der Waals surface area contributed by atoms with Gasteiger partial charge in [-0.05, 0) is 35.4 Å². The van der Waals surface area contributed by atoms with Crippen LogP contribution in [0.1, 0.15) is 16.7 Å². The smallest absolute Gasteiger partial charge is 0.127 e. The van der Waals surface area contributed by atoms with E-state index in [1.165, 1.54) is 12.1 Å². The highest BCUT2D eigenvalue weighted by molar-refractivity contribution is 5.33. The zero-order chi connectivity index (χ0) is 13.7. The minimum absolute atomic E-state index is 0.0803. The summed E-state index contributed by atoms with van der Waals surface area (Å²) in [6.45, 7) is 1.02. The normalized spacial score (nSPS) is 10.1. The van der Waals surface area contributed by atoms with Crippen molar-refractivity contribution in [1.82, 2.24) is 5.32 Å². The molecule has 2 rings (SSSR count). The number of benzene rings is 2. The summed E-state index contributed by atoms with van der Waals surface area (Å²) in [5.74, 6) is -0.536. The number of halogens is 1. The van der Waals surface area contributed by atoms with Crippen molar-refractivity contribution in [3.05, 3.63) is 65.0 Å². The van der Waals surface area contributed by atoms with Crippen LogP contribution in [0.2, 0.25) is 0 Å². The molecule has 0 heterocycles. The fraction of sp³-hybridized carbons (Fsp3) is 0.133. The first-order valence-electron chi connectivity index (χ1n) is 5.85. The van der Waals surface area contributed by atoms with Crippen LogP contribution >= 0.6 is 0 Å². The second kappa shape index (κ2) is 5.98. The molecule has 96 valence electrons. The molecule has 0 amide bonds. The summed E-state index contributed by atoms with van der Waals surface area (Å²) in [6, 6.07) is 13.3. The van der Waals surface area contributed by atoms with E-state index < -0.39 is 5.82 Å². The third kappa shape index (κ3) is 3.80. The largest absolute Gasteiger partial charge is 0.508 e. The van der Waals surface area contributed by atoms with Crippen LogP contribution in [0.3, 0.4) is 0 Å². The maximum absolute atomic E-state index is 13.1. The van der Waals surface area contributed by atoms with E-state index >= 15 is 0 Å². The lowest BCUT2D eigenvalue weighted by Gasteiger charge is -2.06. The first kappa shape index (κ1) is 13.1. The maximum Gasteiger partial charge on any atom is 0.127 e. The maximum atomic E-state index is 13.1. The number of phenolic OH excluding ortho intramolecular Hbond substituents is 1. The number of rotatable bonds is 4. The summed E-state index contributed by atoms with van der Waals surface area (Å²) in [4.78, 5) is 0. The molecule has 0 aliphatic heterocycles. The zero-order valence-electron chi connectivity index (χ0n) is 10.2. The Morgan fingerprint density at radius 2 is 1.89 bits per heavy atom. The molecule has 2 aromatic rings. The van der Waals surface area contributed by atoms with Crippen LogP contribution in [-0.2, 0) is 13.1 Å². The van der Waals surface area contributed by atoms with Gasteiger partial charge in [-0.1, -0.05) is 12.1 Å². The standard InChI is InChI=1S/C15H13FN2O/c16-14-5-13(6-15(19)7-14)10-18-9-12-3-1-2-11(4-12)8-17/h1-7,18-19H,9-10H2. The van der Waals surface area contributed by atoms with Crippen LogP contribution in [0.5, 0.6) is 5.75 Å². The summed E-state index contributed by atoms with van der Waals surface area (Å²) in [5.41, 5.74) is 2.27. The quantitative estimate of drug-likeness (QED) is 0.884. The minimum Gasteiger partial charge on any atom is -0.508 e. The number of nitrogens with one attached hydrogen (secondary N) is 1. The van der Waals surface area contributed by atoms with Gasteiger partial charge in [0.2, 0.25) is 0 Å². The third-order valence-electron chi connectivity index (χ3n) is 2.66. The molecule has 0 aromatic heterocycles. The van der Waals surface area contributed by atoms with Crippen LogP contribution < -0.4 is 5.32 Å². The van der Waals surface area contributed by atoms with E-state index in [4.69, 9.17) is 5.26 Å². The molecule has 2 N–H and O–H groups in total. The molecular formula is C15H13FN2O. The first-order valence-corrected chi connectivity index (χ1v) is 5.85. The number of nitrogens with zero attached hydrogens (tertiary/aromatic N) is 1. The fourth-order valence-electron chi connectivity index (χ4n) is 1.84. The Bertz CT molecular complexity index is 600. The Morgan fingerprint density at radius 1 is 1.11 bits per heavy atom. The Labute approximate surface area is 110 Å². The summed E-state index contributed by atoms with van der Waals surface area (Å²) in [6.07, 6.45) is 0. The summed E-state index contributed by atoms with van der Waals surface area (Å²) >= 11 is 0. The van der Waals surface area contributed by atoms with E-state index in [0.717, 1.165) is 11.6 Å². The van der Waals surface area contributed by atoms with Gasteiger partial charge in [0.25, 0.3) is 0 Å². The molecule has 0 unspecified atom stereocenters. The molecule has 0 fully saturated rings. The van der Waals surface area contributed by atoms with Gasteiger partial charge in [-0.15, -0.1) is 0 Å². The molecule has 3 nitrogen and oxygen atoms in total. The van der Waals surface area contributed by atoms with Gasteiger partial charge in [0.05, 0.1) is 11.6 Å². The van der Waals surface area contributed by atoms with Gasteiger partial charge in [-0.3, -0.25) is 0 Å². The Kier molecular flexibility index (Phi) is 4.11. The SMILES string of the molecule is N#Cc1cccc(CNCc2cc(O)cc(F)c2)c1. The van der Waals surface area contributed by atoms with Crippen LogP contribution in [-0.4, -0.2) is 5.11 Å². The van der Waals surface area contributed by atoms with Gasteiger partial charge < -0.3 is 10.4 Å². The number of phenols is 1. The van der Waals surface area contributed by atoms with Gasteiger partial charge in [-0.2, -0.15) is 5.26 Å². The Balaban J connectivity index is 1.94. The van der Waals surface area contributed by atoms with Crippen molar-refractivity contribution < 1.29 is 9.50 Å². The number of hydrogen-bond donors (Lipinski definition) is 2. The number of hydrogen-bond acceptors (Lipinski definition) is 3. The first-order chi connectivity index (χ1) is 9.17. The molecule has 0 saturated carbocycles. The summed E-state index contributed by atoms with van der Waals surface area (Å²) < 4.78 is 13.1. The monoisotopic (exact) mass is 256 g/mol. The van der Waals surface area contributed by atoms with Gasteiger partial charge in [0.1, 0.15) is 11.6 Å². The predicted molar refractivity (Wildman–Crippen MR) is 69.8 cm³/mol. The zero-order valence-corrected chi connectivity index (χ0v) is 10.2. The van der Waals surface area contributed by atoms with E-state index in [-0.39, 0.29) is 5.75 Å². The van der Waals surface area contributed by atoms with Gasteiger partial charge >= 0.3 is 0 Å². The lowest BCUT2D eigenvalue weighted by atomic mass is 10.1. The average Bonchev–Trinajstić information content (AvgIpc) is 2.38. The molecular weight excluding hydrogens is 243 g/mol. The summed E-state index contributed by atoms with van der Waals surface area (Å²) in [5, 5.41) is 21.2. The van der Waals surface area contributed by atoms with Crippen molar-refractivity contribution in [2.45, 2.75) is 13.1 Å². The van der Waals surface area contributed by atoms with Gasteiger partial charge in [-0.25, -0.2) is 4.39 Å². The molecule has 0 saturated heterocycles. The molecule has 0 radical (unpaired) electrons. The van der Waals surface area contributed by atoms with Crippen molar-refractivity contribution in [2.75, 3.05) is 0 Å². The second-order valence-electron chi connectivity index (χ2n) is 4.23. The minimum atomic E-state index is -0.455. The lowest BCUT2D eigenvalue weighted by Crippen LogP contribution is -2.12. The van der Waals surface area contributed by atoms with E-state index in [9.17, 15) is 9.50 Å². The number of aromatic hydroxyl groups is 1. The molecule has 0 atom stereocenters. The highest BCUT2D eigenvalue weighted by atomic mass is 19.1.